The van der Waals surface area contributed by atoms with E-state index in [1.807, 2.05) is 6.08 Å². The van der Waals surface area contributed by atoms with Crippen molar-refractivity contribution in [2.24, 2.45) is 0 Å². The maximum atomic E-state index is 8.64. The van der Waals surface area contributed by atoms with Crippen LogP contribution in [0.3, 0.4) is 0 Å². The predicted octanol–water partition coefficient (Wildman–Crippen LogP) is 12.1. The van der Waals surface area contributed by atoms with Gasteiger partial charge in [0.2, 0.25) is 0 Å². The van der Waals surface area contributed by atoms with Crippen molar-refractivity contribution in [3.05, 3.63) is 12.7 Å². The van der Waals surface area contributed by atoms with Gasteiger partial charge in [0.1, 0.15) is 0 Å². The third-order valence-corrected chi connectivity index (χ3v) is 7.02. The molecule has 0 rings (SSSR count). The van der Waals surface area contributed by atoms with Crippen LogP contribution >= 0.6 is 0 Å². The summed E-state index contributed by atoms with van der Waals surface area (Å²) in [6.07, 6.45) is 41.2. The number of hydrogen-bond donors (Lipinski definition) is 1. The maximum Gasteiger partial charge on any atom is 0.0431 e. The molecule has 0 radical (unpaired) electrons. The minimum atomic E-state index is 0.373. The molecule has 0 aromatic carbocycles. The monoisotopic (exact) mass is 481 g/mol. The van der Waals surface area contributed by atoms with Crippen molar-refractivity contribution in [3.8, 4) is 0 Å². The molecule has 0 unspecified atom stereocenters. The highest BCUT2D eigenvalue weighted by Gasteiger charge is 1.94. The molecule has 34 heavy (non-hydrogen) atoms. The van der Waals surface area contributed by atoms with Gasteiger partial charge in [0.25, 0.3) is 0 Å². The number of hydrogen-bond acceptors (Lipinski definition) is 1. The first-order valence-corrected chi connectivity index (χ1v) is 16.0. The van der Waals surface area contributed by atoms with E-state index in [-0.39, 0.29) is 0 Å². The molecule has 0 atom stereocenters. The normalized spacial score (nSPS) is 10.8. The van der Waals surface area contributed by atoms with Crippen molar-refractivity contribution in [2.45, 2.75) is 194 Å². The molecule has 1 N–H and O–H groups in total. The molecule has 0 aromatic heterocycles. The number of aliphatic hydroxyl groups is 1. The smallest absolute Gasteiger partial charge is 0.0431 e. The summed E-state index contributed by atoms with van der Waals surface area (Å²) in [5.41, 5.74) is 0. The topological polar surface area (TPSA) is 20.2 Å². The average Bonchev–Trinajstić information content (AvgIpc) is 2.85. The molecule has 0 amide bonds. The lowest BCUT2D eigenvalue weighted by Crippen LogP contribution is -1.84. The molecular weight excluding hydrogens is 412 g/mol. The van der Waals surface area contributed by atoms with Crippen LogP contribution in [0.5, 0.6) is 0 Å². The molecule has 0 saturated carbocycles. The Labute approximate surface area is 218 Å². The molecule has 1 nitrogen and oxygen atoms in total. The van der Waals surface area contributed by atoms with E-state index < -0.39 is 0 Å². The van der Waals surface area contributed by atoms with Gasteiger partial charge < -0.3 is 5.11 Å². The first-order valence-electron chi connectivity index (χ1n) is 16.0. The molecule has 0 heterocycles. The number of aliphatic hydroxyl groups excluding tert-OH is 1. The van der Waals surface area contributed by atoms with Gasteiger partial charge in [-0.05, 0) is 19.3 Å². The maximum absolute atomic E-state index is 8.64. The van der Waals surface area contributed by atoms with Gasteiger partial charge in [0.05, 0.1) is 0 Å². The van der Waals surface area contributed by atoms with Crippen LogP contribution in [0.15, 0.2) is 12.7 Å². The minimum absolute atomic E-state index is 0.373. The fourth-order valence-corrected chi connectivity index (χ4v) is 4.61. The first kappa shape index (κ1) is 35.9. The molecule has 206 valence electrons. The largest absolute Gasteiger partial charge is 0.396 e. The molecule has 0 bridgehead atoms. The lowest BCUT2D eigenvalue weighted by molar-refractivity contribution is 0.282. The second-order valence-corrected chi connectivity index (χ2v) is 10.6. The average molecular weight is 481 g/mol. The summed E-state index contributed by atoms with van der Waals surface area (Å²) in [5.74, 6) is 0. The lowest BCUT2D eigenvalue weighted by Gasteiger charge is -2.02. The zero-order valence-electron chi connectivity index (χ0n) is 24.2. The molecule has 1 heteroatoms. The summed E-state index contributed by atoms with van der Waals surface area (Å²) in [6, 6.07) is 0. The van der Waals surface area contributed by atoms with E-state index in [0.29, 0.717) is 6.61 Å². The van der Waals surface area contributed by atoms with Crippen LogP contribution in [0.25, 0.3) is 0 Å². The van der Waals surface area contributed by atoms with Gasteiger partial charge in [-0.25, -0.2) is 0 Å². The van der Waals surface area contributed by atoms with E-state index in [1.54, 1.807) is 0 Å². The summed E-state index contributed by atoms with van der Waals surface area (Å²) < 4.78 is 0. The Morgan fingerprint density at radius 1 is 0.382 bits per heavy atom. The van der Waals surface area contributed by atoms with Crippen LogP contribution in [0.1, 0.15) is 194 Å². The van der Waals surface area contributed by atoms with Crippen LogP contribution in [0.4, 0.5) is 0 Å². The minimum Gasteiger partial charge on any atom is -0.396 e. The van der Waals surface area contributed by atoms with E-state index in [1.165, 1.54) is 173 Å². The summed E-state index contributed by atoms with van der Waals surface area (Å²) in [4.78, 5) is 0. The van der Waals surface area contributed by atoms with Crippen LogP contribution in [0, 0.1) is 0 Å². The fraction of sp³-hybridized carbons (Fsp3) is 0.939. The van der Waals surface area contributed by atoms with Crippen molar-refractivity contribution in [3.63, 3.8) is 0 Å². The fourth-order valence-electron chi connectivity index (χ4n) is 4.61. The van der Waals surface area contributed by atoms with Gasteiger partial charge in [-0.2, -0.15) is 0 Å². The molecule has 0 aliphatic heterocycles. The standard InChI is InChI=1S/C17H34.C16H34O/c1-3-5-7-9-11-13-15-17-16-14-12-10-8-6-4-2;1-2-3-4-5-6-7-8-9-10-11-12-13-14-15-16-17/h3H,1,4-17H2,2H3;17H,2-16H2,1H3. The predicted molar refractivity (Wildman–Crippen MR) is 158 cm³/mol. The second-order valence-electron chi connectivity index (χ2n) is 10.6. The quantitative estimate of drug-likeness (QED) is 0.0871. The van der Waals surface area contributed by atoms with Crippen LogP contribution < -0.4 is 0 Å². The van der Waals surface area contributed by atoms with Gasteiger partial charge in [-0.3, -0.25) is 0 Å². The molecule has 0 aliphatic rings. The van der Waals surface area contributed by atoms with Crippen molar-refractivity contribution in [1.29, 1.82) is 0 Å². The van der Waals surface area contributed by atoms with E-state index in [4.69, 9.17) is 5.11 Å². The lowest BCUT2D eigenvalue weighted by atomic mass is 10.0. The zero-order valence-corrected chi connectivity index (χ0v) is 24.2. The summed E-state index contributed by atoms with van der Waals surface area (Å²) >= 11 is 0. The van der Waals surface area contributed by atoms with E-state index in [2.05, 4.69) is 20.4 Å². The van der Waals surface area contributed by atoms with Crippen LogP contribution in [-0.4, -0.2) is 11.7 Å². The SMILES string of the molecule is C=CCCCCCCCCCCCCCCC.CCCCCCCCCCCCCCCCO. The van der Waals surface area contributed by atoms with Gasteiger partial charge in [0.15, 0.2) is 0 Å². The van der Waals surface area contributed by atoms with Gasteiger partial charge >= 0.3 is 0 Å². The highest BCUT2D eigenvalue weighted by Crippen LogP contribution is 2.14. The summed E-state index contributed by atoms with van der Waals surface area (Å²) in [6.45, 7) is 8.69. The van der Waals surface area contributed by atoms with Gasteiger partial charge in [-0.15, -0.1) is 6.58 Å². The summed E-state index contributed by atoms with van der Waals surface area (Å²) in [7, 11) is 0. The van der Waals surface area contributed by atoms with E-state index in [9.17, 15) is 0 Å². The molecule has 0 saturated heterocycles. The molecule has 0 spiro atoms. The summed E-state index contributed by atoms with van der Waals surface area (Å²) in [5, 5.41) is 8.64. The Balaban J connectivity index is 0. The third-order valence-electron chi connectivity index (χ3n) is 7.02. The second kappa shape index (κ2) is 37.3. The van der Waals surface area contributed by atoms with Gasteiger partial charge in [0, 0.05) is 6.61 Å². The Morgan fingerprint density at radius 2 is 0.618 bits per heavy atom. The number of rotatable bonds is 28. The van der Waals surface area contributed by atoms with Crippen molar-refractivity contribution in [2.75, 3.05) is 6.61 Å². The van der Waals surface area contributed by atoms with E-state index >= 15 is 0 Å². The van der Waals surface area contributed by atoms with Crippen LogP contribution in [-0.2, 0) is 0 Å². The van der Waals surface area contributed by atoms with Crippen molar-refractivity contribution < 1.29 is 5.11 Å². The Morgan fingerprint density at radius 3 is 0.853 bits per heavy atom. The number of unbranched alkanes of at least 4 members (excludes halogenated alkanes) is 26. The highest BCUT2D eigenvalue weighted by atomic mass is 16.2. The highest BCUT2D eigenvalue weighted by molar-refractivity contribution is 4.65. The zero-order chi connectivity index (χ0) is 25.2. The number of allylic oxidation sites excluding steroid dienone is 1. The molecule has 0 aliphatic carbocycles. The first-order chi connectivity index (χ1) is 16.8. The van der Waals surface area contributed by atoms with Crippen LogP contribution in [0.2, 0.25) is 0 Å². The molecule has 0 aromatic rings. The Hall–Kier alpha value is -0.300. The molecular formula is C33H68O. The Bertz CT molecular complexity index is 311. The third kappa shape index (κ3) is 38.9. The van der Waals surface area contributed by atoms with Crippen molar-refractivity contribution >= 4 is 0 Å². The Kier molecular flexibility index (Phi) is 39.3. The van der Waals surface area contributed by atoms with Crippen molar-refractivity contribution in [1.82, 2.24) is 0 Å². The van der Waals surface area contributed by atoms with Gasteiger partial charge in [-0.1, -0.05) is 180 Å². The molecule has 0 fully saturated rings. The van der Waals surface area contributed by atoms with E-state index in [0.717, 1.165) is 6.42 Å².